The smallest absolute Gasteiger partial charge is 0.101 e. The van der Waals surface area contributed by atoms with Crippen LogP contribution in [0.4, 0.5) is 5.69 Å². The monoisotopic (exact) mass is 257 g/mol. The van der Waals surface area contributed by atoms with Gasteiger partial charge in [-0.1, -0.05) is 17.7 Å². The Morgan fingerprint density at radius 1 is 1.33 bits per heavy atom. The highest BCUT2D eigenvalue weighted by Gasteiger charge is 2.03. The number of halogens is 1. The predicted molar refractivity (Wildman–Crippen MR) is 72.5 cm³/mol. The topological polar surface area (TPSA) is 48.7 Å². The largest absolute Gasteiger partial charge is 0.378 e. The molecule has 0 saturated carbocycles. The highest BCUT2D eigenvalue weighted by atomic mass is 35.5. The first-order valence-corrected chi connectivity index (χ1v) is 5.93. The molecule has 4 heteroatoms. The molecule has 0 radical (unpaired) electrons. The van der Waals surface area contributed by atoms with Gasteiger partial charge in [-0.25, -0.2) is 0 Å². The third kappa shape index (κ3) is 2.99. The highest BCUT2D eigenvalue weighted by Crippen LogP contribution is 2.20. The molecule has 2 aromatic rings. The van der Waals surface area contributed by atoms with E-state index in [1.165, 1.54) is 0 Å². The van der Waals surface area contributed by atoms with Gasteiger partial charge in [0.15, 0.2) is 0 Å². The number of nitriles is 1. The average molecular weight is 258 g/mol. The summed E-state index contributed by atoms with van der Waals surface area (Å²) in [7, 11) is 0. The third-order valence-corrected chi connectivity index (χ3v) is 2.74. The summed E-state index contributed by atoms with van der Waals surface area (Å²) in [5, 5.41) is 12.8. The maximum Gasteiger partial charge on any atom is 0.101 e. The Balaban J connectivity index is 2.14. The number of anilines is 1. The molecule has 1 heterocycles. The lowest BCUT2D eigenvalue weighted by Gasteiger charge is -2.08. The Labute approximate surface area is 111 Å². The van der Waals surface area contributed by atoms with Crippen LogP contribution in [0.1, 0.15) is 17.0 Å². The first-order valence-electron chi connectivity index (χ1n) is 5.55. The number of benzene rings is 1. The first-order chi connectivity index (χ1) is 8.69. The fourth-order valence-corrected chi connectivity index (χ4v) is 1.82. The van der Waals surface area contributed by atoms with Crippen LogP contribution in [0.25, 0.3) is 0 Å². The minimum Gasteiger partial charge on any atom is -0.378 e. The molecule has 0 aliphatic heterocycles. The van der Waals surface area contributed by atoms with Gasteiger partial charge in [0, 0.05) is 10.7 Å². The number of hydrogen-bond donors (Lipinski definition) is 1. The van der Waals surface area contributed by atoms with Crippen molar-refractivity contribution < 1.29 is 0 Å². The second-order valence-electron chi connectivity index (χ2n) is 3.93. The van der Waals surface area contributed by atoms with Gasteiger partial charge < -0.3 is 5.32 Å². The van der Waals surface area contributed by atoms with E-state index in [1.807, 2.05) is 25.1 Å². The minimum atomic E-state index is 0.537. The zero-order valence-electron chi connectivity index (χ0n) is 9.94. The zero-order chi connectivity index (χ0) is 13.0. The quantitative estimate of drug-likeness (QED) is 0.915. The summed E-state index contributed by atoms with van der Waals surface area (Å²) < 4.78 is 0. The molecular formula is C14H12ClN3. The van der Waals surface area contributed by atoms with Gasteiger partial charge in [-0.05, 0) is 37.3 Å². The van der Waals surface area contributed by atoms with Gasteiger partial charge in [0.25, 0.3) is 0 Å². The summed E-state index contributed by atoms with van der Waals surface area (Å²) in [4.78, 5) is 4.39. The van der Waals surface area contributed by atoms with Crippen LogP contribution in [0.3, 0.4) is 0 Å². The van der Waals surface area contributed by atoms with Gasteiger partial charge in [-0.3, -0.25) is 4.98 Å². The van der Waals surface area contributed by atoms with Gasteiger partial charge >= 0.3 is 0 Å². The van der Waals surface area contributed by atoms with E-state index in [9.17, 15) is 0 Å². The van der Waals surface area contributed by atoms with Crippen molar-refractivity contribution in [2.24, 2.45) is 0 Å². The van der Waals surface area contributed by atoms with Crippen molar-refractivity contribution >= 4 is 17.3 Å². The minimum absolute atomic E-state index is 0.537. The van der Waals surface area contributed by atoms with Crippen LogP contribution in [0.15, 0.2) is 36.4 Å². The molecule has 0 aliphatic rings. The van der Waals surface area contributed by atoms with Crippen LogP contribution in [0.5, 0.6) is 0 Å². The number of aromatic nitrogens is 1. The Kier molecular flexibility index (Phi) is 3.81. The molecule has 3 nitrogen and oxygen atoms in total. The van der Waals surface area contributed by atoms with E-state index in [4.69, 9.17) is 16.9 Å². The average Bonchev–Trinajstić information content (AvgIpc) is 2.37. The second kappa shape index (κ2) is 5.52. The number of pyridine rings is 1. The number of aryl methyl sites for hydroxylation is 1. The lowest BCUT2D eigenvalue weighted by atomic mass is 10.2. The van der Waals surface area contributed by atoms with Crippen LogP contribution in [-0.4, -0.2) is 4.98 Å². The van der Waals surface area contributed by atoms with Gasteiger partial charge in [0.2, 0.25) is 0 Å². The van der Waals surface area contributed by atoms with E-state index < -0.39 is 0 Å². The molecule has 1 N–H and O–H groups in total. The molecule has 18 heavy (non-hydrogen) atoms. The standard InChI is InChI=1S/C14H12ClN3/c1-10-3-2-4-13(18-10)9-17-14-6-5-12(15)7-11(14)8-16/h2-7,17H,9H2,1H3. The van der Waals surface area contributed by atoms with E-state index in [0.717, 1.165) is 17.1 Å². The summed E-state index contributed by atoms with van der Waals surface area (Å²) in [5.41, 5.74) is 3.22. The molecule has 0 spiro atoms. The van der Waals surface area contributed by atoms with E-state index in [1.54, 1.807) is 18.2 Å². The normalized spacial score (nSPS) is 9.83. The molecule has 2 rings (SSSR count). The second-order valence-corrected chi connectivity index (χ2v) is 4.36. The van der Waals surface area contributed by atoms with Crippen molar-refractivity contribution in [3.63, 3.8) is 0 Å². The third-order valence-electron chi connectivity index (χ3n) is 2.51. The van der Waals surface area contributed by atoms with Crippen LogP contribution in [0, 0.1) is 18.3 Å². The maximum absolute atomic E-state index is 9.02. The van der Waals surface area contributed by atoms with Gasteiger partial charge in [-0.15, -0.1) is 0 Å². The Bertz CT molecular complexity index is 602. The van der Waals surface area contributed by atoms with Crippen molar-refractivity contribution in [1.29, 1.82) is 5.26 Å². The van der Waals surface area contributed by atoms with E-state index in [-0.39, 0.29) is 0 Å². The van der Waals surface area contributed by atoms with Crippen molar-refractivity contribution in [1.82, 2.24) is 4.98 Å². The van der Waals surface area contributed by atoms with Crippen LogP contribution >= 0.6 is 11.6 Å². The van der Waals surface area contributed by atoms with E-state index >= 15 is 0 Å². The Morgan fingerprint density at radius 2 is 2.17 bits per heavy atom. The summed E-state index contributed by atoms with van der Waals surface area (Å²) in [6.45, 7) is 2.53. The number of hydrogen-bond acceptors (Lipinski definition) is 3. The van der Waals surface area contributed by atoms with E-state index in [0.29, 0.717) is 17.1 Å². The lowest BCUT2D eigenvalue weighted by molar-refractivity contribution is 1.01. The molecule has 1 aromatic carbocycles. The molecule has 0 bridgehead atoms. The summed E-state index contributed by atoms with van der Waals surface area (Å²) in [5.74, 6) is 0. The molecule has 0 aliphatic carbocycles. The predicted octanol–water partition coefficient (Wildman–Crippen LogP) is 3.53. The molecule has 0 fully saturated rings. The van der Waals surface area contributed by atoms with Crippen molar-refractivity contribution in [3.05, 3.63) is 58.4 Å². The Morgan fingerprint density at radius 3 is 2.89 bits per heavy atom. The van der Waals surface area contributed by atoms with Crippen LogP contribution < -0.4 is 5.32 Å². The fourth-order valence-electron chi connectivity index (χ4n) is 1.65. The fraction of sp³-hybridized carbons (Fsp3) is 0.143. The molecule has 0 amide bonds. The molecular weight excluding hydrogens is 246 g/mol. The van der Waals surface area contributed by atoms with Gasteiger partial charge in [-0.2, -0.15) is 5.26 Å². The summed E-state index contributed by atoms with van der Waals surface area (Å²) in [6, 6.07) is 13.2. The van der Waals surface area contributed by atoms with Gasteiger partial charge in [0.05, 0.1) is 23.5 Å². The molecule has 0 saturated heterocycles. The SMILES string of the molecule is Cc1cccc(CNc2ccc(Cl)cc2C#N)n1. The molecule has 1 aromatic heterocycles. The summed E-state index contributed by atoms with van der Waals surface area (Å²) >= 11 is 5.84. The number of rotatable bonds is 3. The number of nitrogens with zero attached hydrogens (tertiary/aromatic N) is 2. The molecule has 0 unspecified atom stereocenters. The van der Waals surface area contributed by atoms with Crippen molar-refractivity contribution in [3.8, 4) is 6.07 Å². The van der Waals surface area contributed by atoms with Crippen LogP contribution in [0.2, 0.25) is 5.02 Å². The highest BCUT2D eigenvalue weighted by molar-refractivity contribution is 6.30. The molecule has 90 valence electrons. The Hall–Kier alpha value is -2.05. The van der Waals surface area contributed by atoms with Crippen molar-refractivity contribution in [2.75, 3.05) is 5.32 Å². The van der Waals surface area contributed by atoms with Gasteiger partial charge in [0.1, 0.15) is 6.07 Å². The number of nitrogens with one attached hydrogen (secondary N) is 1. The van der Waals surface area contributed by atoms with Crippen LogP contribution in [-0.2, 0) is 6.54 Å². The summed E-state index contributed by atoms with van der Waals surface area (Å²) in [6.07, 6.45) is 0. The molecule has 0 atom stereocenters. The zero-order valence-corrected chi connectivity index (χ0v) is 10.7. The lowest BCUT2D eigenvalue weighted by Crippen LogP contribution is -2.03. The van der Waals surface area contributed by atoms with Crippen molar-refractivity contribution in [2.45, 2.75) is 13.5 Å². The maximum atomic E-state index is 9.02. The first kappa shape index (κ1) is 12.4. The van der Waals surface area contributed by atoms with E-state index in [2.05, 4.69) is 16.4 Å².